The molecule has 0 saturated carbocycles. The van der Waals surface area contributed by atoms with Crippen LogP contribution in [0.5, 0.6) is 5.75 Å². The fourth-order valence-electron chi connectivity index (χ4n) is 2.55. The fraction of sp³-hybridized carbons (Fsp3) is 0.200. The number of amides is 1. The van der Waals surface area contributed by atoms with Crippen molar-refractivity contribution in [3.8, 4) is 11.4 Å². The van der Waals surface area contributed by atoms with Gasteiger partial charge in [-0.1, -0.05) is 30.0 Å². The molecule has 0 saturated heterocycles. The summed E-state index contributed by atoms with van der Waals surface area (Å²) >= 11 is 1.26. The van der Waals surface area contributed by atoms with Crippen molar-refractivity contribution in [2.24, 2.45) is 0 Å². The largest absolute Gasteiger partial charge is 0.433 e. The summed E-state index contributed by atoms with van der Waals surface area (Å²) in [7, 11) is 0. The molecule has 3 aromatic rings. The molecule has 0 aliphatic carbocycles. The molecule has 0 aliphatic heterocycles. The highest BCUT2D eigenvalue weighted by atomic mass is 32.2. The molecule has 146 valence electrons. The molecular formula is C20H19F2N3O2S. The molecule has 8 heteroatoms. The van der Waals surface area contributed by atoms with Gasteiger partial charge in [-0.05, 0) is 49.2 Å². The minimum absolute atomic E-state index is 0.0743. The first-order chi connectivity index (χ1) is 13.4. The lowest BCUT2D eigenvalue weighted by Crippen LogP contribution is -2.16. The second-order valence-corrected chi connectivity index (χ2v) is 7.00. The number of imidazole rings is 1. The number of aromatic nitrogens is 2. The topological polar surface area (TPSA) is 56.2 Å². The number of anilines is 1. The van der Waals surface area contributed by atoms with E-state index in [1.807, 2.05) is 36.7 Å². The predicted molar refractivity (Wildman–Crippen MR) is 105 cm³/mol. The van der Waals surface area contributed by atoms with Crippen LogP contribution in [0.2, 0.25) is 0 Å². The molecule has 5 nitrogen and oxygen atoms in total. The van der Waals surface area contributed by atoms with E-state index in [-0.39, 0.29) is 23.1 Å². The van der Waals surface area contributed by atoms with Crippen LogP contribution in [-0.2, 0) is 4.79 Å². The Morgan fingerprint density at radius 1 is 1.21 bits per heavy atom. The van der Waals surface area contributed by atoms with Crippen molar-refractivity contribution in [2.75, 3.05) is 11.1 Å². The Hall–Kier alpha value is -2.87. The first-order valence-electron chi connectivity index (χ1n) is 8.51. The van der Waals surface area contributed by atoms with Crippen molar-refractivity contribution >= 4 is 23.4 Å². The zero-order valence-electron chi connectivity index (χ0n) is 15.4. The number of aryl methyl sites for hydroxylation is 2. The van der Waals surface area contributed by atoms with Crippen LogP contribution < -0.4 is 10.1 Å². The summed E-state index contributed by atoms with van der Waals surface area (Å²) in [5.74, 6) is -0.345. The number of nitrogens with one attached hydrogen (secondary N) is 1. The molecule has 1 heterocycles. The van der Waals surface area contributed by atoms with Crippen molar-refractivity contribution in [3.63, 3.8) is 0 Å². The molecule has 0 spiro atoms. The molecule has 28 heavy (non-hydrogen) atoms. The lowest BCUT2D eigenvalue weighted by molar-refractivity contribution is -0.113. The summed E-state index contributed by atoms with van der Waals surface area (Å²) in [6.07, 6.45) is 3.50. The Bertz CT molecular complexity index is 976. The summed E-state index contributed by atoms with van der Waals surface area (Å²) in [5.41, 5.74) is 3.52. The van der Waals surface area contributed by atoms with Crippen LogP contribution in [-0.4, -0.2) is 27.8 Å². The number of carbonyl (C=O) groups excluding carboxylic acids is 1. The molecule has 0 fully saturated rings. The van der Waals surface area contributed by atoms with Gasteiger partial charge in [0.1, 0.15) is 5.75 Å². The van der Waals surface area contributed by atoms with Crippen LogP contribution in [0.3, 0.4) is 0 Å². The molecule has 2 aromatic carbocycles. The first-order valence-corrected chi connectivity index (χ1v) is 9.50. The first kappa shape index (κ1) is 19.9. The SMILES string of the molecule is Cc1ccc(-n2ccnc2SCC(=O)Nc2ccccc2OC(F)F)cc1C. The van der Waals surface area contributed by atoms with Crippen LogP contribution in [0.4, 0.5) is 14.5 Å². The average molecular weight is 403 g/mol. The third-order valence-electron chi connectivity index (χ3n) is 4.09. The quantitative estimate of drug-likeness (QED) is 0.575. The molecular weight excluding hydrogens is 384 g/mol. The number of hydrogen-bond donors (Lipinski definition) is 1. The van der Waals surface area contributed by atoms with Crippen LogP contribution >= 0.6 is 11.8 Å². The molecule has 0 aliphatic rings. The van der Waals surface area contributed by atoms with E-state index < -0.39 is 6.61 Å². The van der Waals surface area contributed by atoms with E-state index >= 15 is 0 Å². The van der Waals surface area contributed by atoms with Crippen molar-refractivity contribution in [1.82, 2.24) is 9.55 Å². The minimum atomic E-state index is -2.96. The van der Waals surface area contributed by atoms with Gasteiger partial charge < -0.3 is 10.1 Å². The molecule has 3 rings (SSSR count). The number of nitrogens with zero attached hydrogens (tertiary/aromatic N) is 2. The Balaban J connectivity index is 1.67. The van der Waals surface area contributed by atoms with Crippen LogP contribution in [0.25, 0.3) is 5.69 Å². The maximum absolute atomic E-state index is 12.5. The van der Waals surface area contributed by atoms with Crippen LogP contribution in [0.1, 0.15) is 11.1 Å². The maximum Gasteiger partial charge on any atom is 0.387 e. The van der Waals surface area contributed by atoms with Gasteiger partial charge in [-0.15, -0.1) is 0 Å². The highest BCUT2D eigenvalue weighted by Crippen LogP contribution is 2.26. The third-order valence-corrected chi connectivity index (χ3v) is 5.05. The average Bonchev–Trinajstić information content (AvgIpc) is 3.12. The van der Waals surface area contributed by atoms with Crippen LogP contribution in [0, 0.1) is 13.8 Å². The van der Waals surface area contributed by atoms with E-state index in [2.05, 4.69) is 21.1 Å². The fourth-order valence-corrected chi connectivity index (χ4v) is 3.33. The van der Waals surface area contributed by atoms with E-state index in [1.54, 1.807) is 18.3 Å². The molecule has 1 aromatic heterocycles. The van der Waals surface area contributed by atoms with E-state index in [9.17, 15) is 13.6 Å². The van der Waals surface area contributed by atoms with Gasteiger partial charge in [0, 0.05) is 18.1 Å². The normalized spacial score (nSPS) is 10.9. The summed E-state index contributed by atoms with van der Waals surface area (Å²) in [6, 6.07) is 12.2. The van der Waals surface area contributed by atoms with E-state index in [0.717, 1.165) is 11.3 Å². The van der Waals surface area contributed by atoms with Crippen molar-refractivity contribution in [2.45, 2.75) is 25.6 Å². The second-order valence-electron chi connectivity index (χ2n) is 6.06. The Kier molecular flexibility index (Phi) is 6.30. The molecule has 1 N–H and O–H groups in total. The Labute approximate surface area is 165 Å². The van der Waals surface area contributed by atoms with E-state index in [0.29, 0.717) is 5.16 Å². The van der Waals surface area contributed by atoms with Gasteiger partial charge in [-0.25, -0.2) is 4.98 Å². The number of halogens is 2. The van der Waals surface area contributed by atoms with Gasteiger partial charge in [-0.2, -0.15) is 8.78 Å². The highest BCUT2D eigenvalue weighted by Gasteiger charge is 2.13. The number of para-hydroxylation sites is 2. The predicted octanol–water partition coefficient (Wildman–Crippen LogP) is 4.82. The second kappa shape index (κ2) is 8.88. The number of benzene rings is 2. The molecule has 1 amide bonds. The monoisotopic (exact) mass is 403 g/mol. The highest BCUT2D eigenvalue weighted by molar-refractivity contribution is 7.99. The lowest BCUT2D eigenvalue weighted by atomic mass is 10.1. The molecule has 0 bridgehead atoms. The number of carbonyl (C=O) groups is 1. The number of hydrogen-bond acceptors (Lipinski definition) is 4. The van der Waals surface area contributed by atoms with Crippen molar-refractivity contribution in [1.29, 1.82) is 0 Å². The van der Waals surface area contributed by atoms with Gasteiger partial charge in [0.15, 0.2) is 5.16 Å². The summed E-state index contributed by atoms with van der Waals surface area (Å²) < 4.78 is 31.3. The lowest BCUT2D eigenvalue weighted by Gasteiger charge is -2.12. The van der Waals surface area contributed by atoms with Gasteiger partial charge in [0.2, 0.25) is 5.91 Å². The molecule has 0 radical (unpaired) electrons. The number of alkyl halides is 2. The van der Waals surface area contributed by atoms with Crippen molar-refractivity contribution in [3.05, 3.63) is 66.0 Å². The number of ether oxygens (including phenoxy) is 1. The van der Waals surface area contributed by atoms with E-state index in [4.69, 9.17) is 0 Å². The van der Waals surface area contributed by atoms with Gasteiger partial charge in [0.05, 0.1) is 11.4 Å². The zero-order chi connectivity index (χ0) is 20.1. The summed E-state index contributed by atoms with van der Waals surface area (Å²) in [5, 5.41) is 3.26. The third kappa shape index (κ3) is 4.89. The Morgan fingerprint density at radius 3 is 2.75 bits per heavy atom. The molecule has 0 unspecified atom stereocenters. The van der Waals surface area contributed by atoms with Crippen molar-refractivity contribution < 1.29 is 18.3 Å². The standard InChI is InChI=1S/C20H19F2N3O2S/c1-13-7-8-15(11-14(13)2)25-10-9-23-20(25)28-12-18(26)24-16-5-3-4-6-17(16)27-19(21)22/h3-11,19H,12H2,1-2H3,(H,24,26). The summed E-state index contributed by atoms with van der Waals surface area (Å²) in [6.45, 7) is 1.12. The minimum Gasteiger partial charge on any atom is -0.433 e. The van der Waals surface area contributed by atoms with Gasteiger partial charge in [-0.3, -0.25) is 9.36 Å². The van der Waals surface area contributed by atoms with Gasteiger partial charge in [0.25, 0.3) is 0 Å². The zero-order valence-corrected chi connectivity index (χ0v) is 16.2. The number of thioether (sulfide) groups is 1. The smallest absolute Gasteiger partial charge is 0.387 e. The van der Waals surface area contributed by atoms with E-state index in [1.165, 1.54) is 29.5 Å². The Morgan fingerprint density at radius 2 is 2.00 bits per heavy atom. The maximum atomic E-state index is 12.5. The summed E-state index contributed by atoms with van der Waals surface area (Å²) in [4.78, 5) is 16.6. The molecule has 0 atom stereocenters. The number of rotatable bonds is 7. The van der Waals surface area contributed by atoms with Gasteiger partial charge >= 0.3 is 6.61 Å². The van der Waals surface area contributed by atoms with Crippen LogP contribution in [0.15, 0.2) is 60.0 Å².